The van der Waals surface area contributed by atoms with E-state index in [1.165, 1.54) is 5.56 Å². The SMILES string of the molecule is Cc1ccc(Cl)c(NC(=O)C[NH2+][C@H](C)c2ccccc2)c1Cl. The van der Waals surface area contributed by atoms with Gasteiger partial charge in [0.05, 0.1) is 15.7 Å². The molecular weight excluding hydrogens is 319 g/mol. The molecule has 2 aromatic carbocycles. The van der Waals surface area contributed by atoms with Crippen LogP contribution >= 0.6 is 23.2 Å². The van der Waals surface area contributed by atoms with Crippen molar-refractivity contribution in [3.05, 3.63) is 63.6 Å². The van der Waals surface area contributed by atoms with Crippen LogP contribution in [0, 0.1) is 6.92 Å². The Kier molecular flexibility index (Phi) is 5.83. The number of nitrogens with two attached hydrogens (primary N) is 1. The first-order valence-electron chi connectivity index (χ1n) is 7.11. The Morgan fingerprint density at radius 1 is 1.18 bits per heavy atom. The van der Waals surface area contributed by atoms with E-state index in [2.05, 4.69) is 12.2 Å². The van der Waals surface area contributed by atoms with Crippen molar-refractivity contribution < 1.29 is 10.1 Å². The Labute approximate surface area is 140 Å². The highest BCUT2D eigenvalue weighted by atomic mass is 35.5. The lowest BCUT2D eigenvalue weighted by Crippen LogP contribution is -2.86. The van der Waals surface area contributed by atoms with Gasteiger partial charge >= 0.3 is 0 Å². The molecule has 0 fully saturated rings. The normalized spacial score (nSPS) is 12.0. The fourth-order valence-corrected chi connectivity index (χ4v) is 2.60. The van der Waals surface area contributed by atoms with Crippen molar-refractivity contribution in [2.24, 2.45) is 0 Å². The Bertz CT molecular complexity index is 659. The number of hydrogen-bond donors (Lipinski definition) is 2. The van der Waals surface area contributed by atoms with E-state index in [0.29, 0.717) is 22.3 Å². The van der Waals surface area contributed by atoms with Crippen molar-refractivity contribution in [2.45, 2.75) is 19.9 Å². The minimum atomic E-state index is -0.128. The smallest absolute Gasteiger partial charge is 0.279 e. The van der Waals surface area contributed by atoms with E-state index in [1.807, 2.05) is 48.6 Å². The summed E-state index contributed by atoms with van der Waals surface area (Å²) in [7, 11) is 0. The van der Waals surface area contributed by atoms with Crippen LogP contribution in [-0.2, 0) is 4.79 Å². The van der Waals surface area contributed by atoms with Gasteiger partial charge in [0, 0.05) is 5.56 Å². The molecule has 116 valence electrons. The standard InChI is InChI=1S/C17H18Cl2N2O/c1-11-8-9-14(18)17(16(11)19)21-15(22)10-20-12(2)13-6-4-3-5-7-13/h3-9,12,20H,10H2,1-2H3,(H,21,22)/p+1/t12-/m1/s1. The average molecular weight is 338 g/mol. The lowest BCUT2D eigenvalue weighted by Gasteiger charge is -2.13. The van der Waals surface area contributed by atoms with Gasteiger partial charge in [0.2, 0.25) is 0 Å². The minimum absolute atomic E-state index is 0.128. The van der Waals surface area contributed by atoms with Gasteiger partial charge in [-0.25, -0.2) is 0 Å². The number of nitrogens with one attached hydrogen (secondary N) is 1. The van der Waals surface area contributed by atoms with Gasteiger partial charge in [-0.15, -0.1) is 0 Å². The molecule has 0 spiro atoms. The number of carbonyl (C=O) groups excluding carboxylic acids is 1. The zero-order valence-corrected chi connectivity index (χ0v) is 14.1. The molecule has 3 N–H and O–H groups in total. The summed E-state index contributed by atoms with van der Waals surface area (Å²) < 4.78 is 0. The van der Waals surface area contributed by atoms with Crippen molar-refractivity contribution in [1.29, 1.82) is 0 Å². The first-order valence-corrected chi connectivity index (χ1v) is 7.87. The van der Waals surface area contributed by atoms with Crippen molar-refractivity contribution in [1.82, 2.24) is 0 Å². The van der Waals surface area contributed by atoms with Crippen LogP contribution in [0.3, 0.4) is 0 Å². The summed E-state index contributed by atoms with van der Waals surface area (Å²) >= 11 is 12.3. The molecule has 2 aromatic rings. The van der Waals surface area contributed by atoms with Crippen LogP contribution < -0.4 is 10.6 Å². The molecule has 22 heavy (non-hydrogen) atoms. The summed E-state index contributed by atoms with van der Waals surface area (Å²) in [5.74, 6) is -0.128. The fraction of sp³-hybridized carbons (Fsp3) is 0.235. The van der Waals surface area contributed by atoms with Crippen molar-refractivity contribution in [2.75, 3.05) is 11.9 Å². The van der Waals surface area contributed by atoms with Gasteiger partial charge < -0.3 is 10.6 Å². The third-order valence-electron chi connectivity index (χ3n) is 3.53. The average Bonchev–Trinajstić information content (AvgIpc) is 2.53. The maximum Gasteiger partial charge on any atom is 0.279 e. The summed E-state index contributed by atoms with van der Waals surface area (Å²) in [5, 5.41) is 5.69. The number of anilines is 1. The predicted octanol–water partition coefficient (Wildman–Crippen LogP) is 3.56. The zero-order chi connectivity index (χ0) is 16.1. The molecule has 0 saturated heterocycles. The van der Waals surface area contributed by atoms with Crippen LogP contribution in [-0.4, -0.2) is 12.5 Å². The number of aryl methyl sites for hydroxylation is 1. The first kappa shape index (κ1) is 16.8. The van der Waals surface area contributed by atoms with E-state index in [9.17, 15) is 4.79 Å². The fourth-order valence-electron chi connectivity index (χ4n) is 2.14. The van der Waals surface area contributed by atoms with Gasteiger partial charge in [-0.05, 0) is 25.5 Å². The molecular formula is C17H19Cl2N2O+. The number of hydrogen-bond acceptors (Lipinski definition) is 1. The monoisotopic (exact) mass is 337 g/mol. The molecule has 1 amide bonds. The Morgan fingerprint density at radius 3 is 2.55 bits per heavy atom. The third-order valence-corrected chi connectivity index (χ3v) is 4.33. The lowest BCUT2D eigenvalue weighted by atomic mass is 10.1. The third kappa shape index (κ3) is 4.23. The minimum Gasteiger partial charge on any atom is -0.333 e. The summed E-state index contributed by atoms with van der Waals surface area (Å²) in [6, 6.07) is 13.8. The number of rotatable bonds is 5. The van der Waals surface area contributed by atoms with Crippen LogP contribution in [0.5, 0.6) is 0 Å². The van der Waals surface area contributed by atoms with E-state index in [-0.39, 0.29) is 11.9 Å². The summed E-state index contributed by atoms with van der Waals surface area (Å²) in [6.45, 7) is 4.24. The lowest BCUT2D eigenvalue weighted by molar-refractivity contribution is -0.682. The van der Waals surface area contributed by atoms with Crippen LogP contribution in [0.1, 0.15) is 24.1 Å². The van der Waals surface area contributed by atoms with Crippen molar-refractivity contribution in [3.8, 4) is 0 Å². The van der Waals surface area contributed by atoms with Crippen LogP contribution in [0.2, 0.25) is 10.0 Å². The van der Waals surface area contributed by atoms with Gasteiger partial charge in [0.25, 0.3) is 5.91 Å². The molecule has 0 bridgehead atoms. The van der Waals surface area contributed by atoms with Gasteiger partial charge in [-0.2, -0.15) is 0 Å². The van der Waals surface area contributed by atoms with Crippen LogP contribution in [0.15, 0.2) is 42.5 Å². The Hall–Kier alpha value is -1.55. The molecule has 0 aliphatic rings. The number of amides is 1. The van der Waals surface area contributed by atoms with E-state index in [4.69, 9.17) is 23.2 Å². The summed E-state index contributed by atoms with van der Waals surface area (Å²) in [5.41, 5.74) is 2.54. The second-order valence-corrected chi connectivity index (χ2v) is 6.03. The molecule has 0 radical (unpaired) electrons. The Morgan fingerprint density at radius 2 is 1.86 bits per heavy atom. The number of quaternary nitrogens is 1. The van der Waals surface area contributed by atoms with Crippen molar-refractivity contribution >= 4 is 34.8 Å². The molecule has 0 aliphatic heterocycles. The number of benzene rings is 2. The maximum atomic E-state index is 12.1. The van der Waals surface area contributed by atoms with Gasteiger partial charge in [-0.3, -0.25) is 4.79 Å². The molecule has 0 heterocycles. The van der Waals surface area contributed by atoms with Gasteiger partial charge in [0.15, 0.2) is 6.54 Å². The van der Waals surface area contributed by atoms with Gasteiger partial charge in [0.1, 0.15) is 6.04 Å². The zero-order valence-electron chi connectivity index (χ0n) is 12.6. The first-order chi connectivity index (χ1) is 10.5. The molecule has 5 heteroatoms. The molecule has 0 saturated carbocycles. The Balaban J connectivity index is 1.95. The number of halogens is 2. The molecule has 0 aromatic heterocycles. The summed E-state index contributed by atoms with van der Waals surface area (Å²) in [4.78, 5) is 12.1. The molecule has 2 rings (SSSR count). The van der Waals surface area contributed by atoms with E-state index in [1.54, 1.807) is 6.07 Å². The van der Waals surface area contributed by atoms with E-state index < -0.39 is 0 Å². The van der Waals surface area contributed by atoms with E-state index >= 15 is 0 Å². The second kappa shape index (κ2) is 7.63. The maximum absolute atomic E-state index is 12.1. The number of carbonyl (C=O) groups is 1. The molecule has 1 atom stereocenters. The molecule has 0 unspecified atom stereocenters. The topological polar surface area (TPSA) is 45.7 Å². The van der Waals surface area contributed by atoms with Crippen LogP contribution in [0.25, 0.3) is 0 Å². The molecule has 3 nitrogen and oxygen atoms in total. The quantitative estimate of drug-likeness (QED) is 0.860. The highest BCUT2D eigenvalue weighted by Crippen LogP contribution is 2.32. The van der Waals surface area contributed by atoms with E-state index in [0.717, 1.165) is 5.56 Å². The summed E-state index contributed by atoms with van der Waals surface area (Å²) in [6.07, 6.45) is 0. The van der Waals surface area contributed by atoms with Gasteiger partial charge in [-0.1, -0.05) is 59.6 Å². The predicted molar refractivity (Wildman–Crippen MR) is 91.5 cm³/mol. The highest BCUT2D eigenvalue weighted by Gasteiger charge is 2.15. The second-order valence-electron chi connectivity index (χ2n) is 5.24. The highest BCUT2D eigenvalue weighted by molar-refractivity contribution is 6.40. The molecule has 0 aliphatic carbocycles. The van der Waals surface area contributed by atoms with Crippen LogP contribution in [0.4, 0.5) is 5.69 Å². The van der Waals surface area contributed by atoms with Crippen molar-refractivity contribution in [3.63, 3.8) is 0 Å². The largest absolute Gasteiger partial charge is 0.333 e.